The Kier molecular flexibility index (Phi) is 4.86. The van der Waals surface area contributed by atoms with Gasteiger partial charge in [-0.2, -0.15) is 0 Å². The smallest absolute Gasteiger partial charge is 0.319 e. The van der Waals surface area contributed by atoms with Crippen molar-refractivity contribution in [1.29, 1.82) is 0 Å². The fourth-order valence-electron chi connectivity index (χ4n) is 3.38. The predicted octanol–water partition coefficient (Wildman–Crippen LogP) is 2.98. The Balaban J connectivity index is 1.81. The van der Waals surface area contributed by atoms with E-state index in [0.29, 0.717) is 0 Å². The maximum atomic E-state index is 12.4. The van der Waals surface area contributed by atoms with Gasteiger partial charge in [-0.05, 0) is 29.5 Å². The molecule has 1 saturated heterocycles. The first-order valence-corrected chi connectivity index (χ1v) is 8.44. The van der Waals surface area contributed by atoms with Crippen LogP contribution in [0.5, 0.6) is 0 Å². The number of rotatable bonds is 3. The first-order valence-electron chi connectivity index (χ1n) is 8.44. The minimum absolute atomic E-state index is 0.0364. The topological polar surface area (TPSA) is 49.6 Å². The van der Waals surface area contributed by atoms with Crippen LogP contribution in [0.2, 0.25) is 0 Å². The minimum atomic E-state index is 0.0364. The first kappa shape index (κ1) is 16.5. The van der Waals surface area contributed by atoms with E-state index in [1.165, 1.54) is 16.7 Å². The summed E-state index contributed by atoms with van der Waals surface area (Å²) in [6, 6.07) is 19.0. The van der Waals surface area contributed by atoms with E-state index in [2.05, 4.69) is 36.4 Å². The summed E-state index contributed by atoms with van der Waals surface area (Å²) in [7, 11) is 3.58. The average molecular weight is 323 g/mol. The molecule has 4 nitrogen and oxygen atoms in total. The predicted molar refractivity (Wildman–Crippen MR) is 97.8 cm³/mol. The molecule has 0 bridgehead atoms. The van der Waals surface area contributed by atoms with Crippen LogP contribution in [0, 0.1) is 0 Å². The van der Waals surface area contributed by atoms with Gasteiger partial charge in [0.15, 0.2) is 0 Å². The highest BCUT2D eigenvalue weighted by atomic mass is 16.2. The van der Waals surface area contributed by atoms with Crippen molar-refractivity contribution in [2.24, 2.45) is 5.73 Å². The molecular weight excluding hydrogens is 298 g/mol. The van der Waals surface area contributed by atoms with Gasteiger partial charge in [-0.1, -0.05) is 54.6 Å². The number of hydrogen-bond donors (Lipinski definition) is 1. The number of urea groups is 1. The van der Waals surface area contributed by atoms with E-state index in [1.54, 1.807) is 19.0 Å². The molecule has 0 radical (unpaired) electrons. The Morgan fingerprint density at radius 3 is 2.54 bits per heavy atom. The molecule has 2 N–H and O–H groups in total. The minimum Gasteiger partial charge on any atom is -0.331 e. The van der Waals surface area contributed by atoms with E-state index in [-0.39, 0.29) is 18.1 Å². The number of benzene rings is 2. The summed E-state index contributed by atoms with van der Waals surface area (Å²) in [6.07, 6.45) is 1.66. The SMILES string of the molecule is CN(C)C(=O)N1CCC(N)C1Cc1cccc(-c2ccccc2)c1. The summed E-state index contributed by atoms with van der Waals surface area (Å²) in [6.45, 7) is 0.737. The van der Waals surface area contributed by atoms with Gasteiger partial charge in [0.25, 0.3) is 0 Å². The van der Waals surface area contributed by atoms with Crippen LogP contribution in [-0.2, 0) is 6.42 Å². The third kappa shape index (κ3) is 3.44. The molecule has 2 aromatic rings. The van der Waals surface area contributed by atoms with E-state index < -0.39 is 0 Å². The Morgan fingerprint density at radius 2 is 1.83 bits per heavy atom. The molecule has 4 heteroatoms. The molecule has 0 saturated carbocycles. The van der Waals surface area contributed by atoms with Crippen LogP contribution in [0.25, 0.3) is 11.1 Å². The van der Waals surface area contributed by atoms with E-state index in [1.807, 2.05) is 23.1 Å². The molecular formula is C20H25N3O. The lowest BCUT2D eigenvalue weighted by molar-refractivity contribution is 0.163. The molecule has 1 aliphatic rings. The van der Waals surface area contributed by atoms with Gasteiger partial charge >= 0.3 is 6.03 Å². The van der Waals surface area contributed by atoms with Crippen molar-refractivity contribution in [3.63, 3.8) is 0 Å². The first-order chi connectivity index (χ1) is 11.6. The van der Waals surface area contributed by atoms with Crippen molar-refractivity contribution < 1.29 is 4.79 Å². The summed E-state index contributed by atoms with van der Waals surface area (Å²) in [5.41, 5.74) is 9.91. The standard InChI is InChI=1S/C20H25N3O/c1-22(2)20(24)23-12-11-18(21)19(23)14-15-7-6-10-17(13-15)16-8-4-3-5-9-16/h3-10,13,18-19H,11-12,14,21H2,1-2H3. The third-order valence-electron chi connectivity index (χ3n) is 4.71. The second-order valence-corrected chi connectivity index (χ2v) is 6.66. The largest absolute Gasteiger partial charge is 0.331 e. The highest BCUT2D eigenvalue weighted by molar-refractivity contribution is 5.74. The Labute approximate surface area is 143 Å². The van der Waals surface area contributed by atoms with Crippen LogP contribution in [0.15, 0.2) is 54.6 Å². The zero-order valence-electron chi connectivity index (χ0n) is 14.4. The number of carbonyl (C=O) groups excluding carboxylic acids is 1. The van der Waals surface area contributed by atoms with E-state index in [9.17, 15) is 4.79 Å². The van der Waals surface area contributed by atoms with Crippen LogP contribution < -0.4 is 5.73 Å². The van der Waals surface area contributed by atoms with Gasteiger partial charge in [-0.3, -0.25) is 0 Å². The maximum absolute atomic E-state index is 12.4. The second-order valence-electron chi connectivity index (χ2n) is 6.66. The highest BCUT2D eigenvalue weighted by Crippen LogP contribution is 2.25. The quantitative estimate of drug-likeness (QED) is 0.944. The molecule has 2 atom stereocenters. The number of nitrogens with zero attached hydrogens (tertiary/aromatic N) is 2. The van der Waals surface area contributed by atoms with Gasteiger partial charge in [-0.25, -0.2) is 4.79 Å². The van der Waals surface area contributed by atoms with Crippen molar-refractivity contribution >= 4 is 6.03 Å². The zero-order valence-corrected chi connectivity index (χ0v) is 14.4. The number of likely N-dealkylation sites (tertiary alicyclic amines) is 1. The fraction of sp³-hybridized carbons (Fsp3) is 0.350. The van der Waals surface area contributed by atoms with Crippen LogP contribution in [0.1, 0.15) is 12.0 Å². The van der Waals surface area contributed by atoms with Crippen molar-refractivity contribution in [3.8, 4) is 11.1 Å². The highest BCUT2D eigenvalue weighted by Gasteiger charge is 2.35. The van der Waals surface area contributed by atoms with E-state index >= 15 is 0 Å². The van der Waals surface area contributed by atoms with E-state index in [4.69, 9.17) is 5.73 Å². The lowest BCUT2D eigenvalue weighted by Crippen LogP contribution is -2.47. The molecule has 24 heavy (non-hydrogen) atoms. The summed E-state index contributed by atoms with van der Waals surface area (Å²) in [4.78, 5) is 15.9. The molecule has 1 aliphatic heterocycles. The average Bonchev–Trinajstić information content (AvgIpc) is 2.96. The number of carbonyl (C=O) groups is 1. The van der Waals surface area contributed by atoms with Crippen LogP contribution >= 0.6 is 0 Å². The van der Waals surface area contributed by atoms with Crippen molar-refractivity contribution in [2.75, 3.05) is 20.6 Å². The van der Waals surface area contributed by atoms with Crippen molar-refractivity contribution in [3.05, 3.63) is 60.2 Å². The molecule has 3 rings (SSSR count). The Morgan fingerprint density at radius 1 is 1.12 bits per heavy atom. The molecule has 2 aromatic carbocycles. The van der Waals surface area contributed by atoms with Crippen LogP contribution in [0.3, 0.4) is 0 Å². The molecule has 126 valence electrons. The Hall–Kier alpha value is -2.33. The second kappa shape index (κ2) is 7.05. The van der Waals surface area contributed by atoms with Crippen molar-refractivity contribution in [2.45, 2.75) is 24.9 Å². The van der Waals surface area contributed by atoms with Gasteiger partial charge in [0.05, 0.1) is 6.04 Å². The van der Waals surface area contributed by atoms with Gasteiger partial charge in [0.1, 0.15) is 0 Å². The molecule has 0 aromatic heterocycles. The summed E-state index contributed by atoms with van der Waals surface area (Å²) < 4.78 is 0. The summed E-state index contributed by atoms with van der Waals surface area (Å²) in [5, 5.41) is 0. The fourth-order valence-corrected chi connectivity index (χ4v) is 3.38. The molecule has 2 amide bonds. The normalized spacial score (nSPS) is 20.2. The third-order valence-corrected chi connectivity index (χ3v) is 4.71. The summed E-state index contributed by atoms with van der Waals surface area (Å²) in [5.74, 6) is 0. The zero-order chi connectivity index (χ0) is 17.1. The molecule has 1 fully saturated rings. The number of nitrogens with two attached hydrogens (primary N) is 1. The summed E-state index contributed by atoms with van der Waals surface area (Å²) >= 11 is 0. The number of amides is 2. The number of hydrogen-bond acceptors (Lipinski definition) is 2. The lowest BCUT2D eigenvalue weighted by Gasteiger charge is -2.29. The van der Waals surface area contributed by atoms with Gasteiger partial charge < -0.3 is 15.5 Å². The molecule has 1 heterocycles. The monoisotopic (exact) mass is 323 g/mol. The molecule has 2 unspecified atom stereocenters. The van der Waals surface area contributed by atoms with Crippen LogP contribution in [0.4, 0.5) is 4.79 Å². The van der Waals surface area contributed by atoms with Crippen LogP contribution in [-0.4, -0.2) is 48.6 Å². The molecule has 0 spiro atoms. The maximum Gasteiger partial charge on any atom is 0.319 e. The lowest BCUT2D eigenvalue weighted by atomic mass is 9.97. The van der Waals surface area contributed by atoms with Gasteiger partial charge in [-0.15, -0.1) is 0 Å². The van der Waals surface area contributed by atoms with E-state index in [0.717, 1.165) is 19.4 Å². The van der Waals surface area contributed by atoms with Crippen molar-refractivity contribution in [1.82, 2.24) is 9.80 Å². The Bertz CT molecular complexity index is 699. The molecule has 0 aliphatic carbocycles. The van der Waals surface area contributed by atoms with Gasteiger partial charge in [0, 0.05) is 26.7 Å². The van der Waals surface area contributed by atoms with Gasteiger partial charge in [0.2, 0.25) is 0 Å².